The molecule has 0 radical (unpaired) electrons. The standard InChI is InChI=1S/C21H21NO6/c1-11(21(26)28-10-16(23)12-4-3-5-15(9-12)27-2)22-19(24)17-13-6-7-14(8-13)18(17)20(22)25/h3-7,9,11,13-14,17-18H,8,10H2,1-2H3/t11-,13-,14-,17-,18+/m0/s1. The van der Waals surface area contributed by atoms with Gasteiger partial charge in [-0.2, -0.15) is 0 Å². The van der Waals surface area contributed by atoms with Gasteiger partial charge in [-0.05, 0) is 37.3 Å². The molecule has 146 valence electrons. The van der Waals surface area contributed by atoms with E-state index in [-0.39, 0.29) is 35.5 Å². The molecule has 4 rings (SSSR count). The number of benzene rings is 1. The summed E-state index contributed by atoms with van der Waals surface area (Å²) >= 11 is 0. The summed E-state index contributed by atoms with van der Waals surface area (Å²) in [5.41, 5.74) is 0.352. The van der Waals surface area contributed by atoms with Gasteiger partial charge in [0, 0.05) is 5.56 Å². The summed E-state index contributed by atoms with van der Waals surface area (Å²) in [6.07, 6.45) is 4.82. The molecule has 0 aromatic heterocycles. The fraction of sp³-hybridized carbons (Fsp3) is 0.429. The fourth-order valence-electron chi connectivity index (χ4n) is 4.55. The number of methoxy groups -OCH3 is 1. The van der Waals surface area contributed by atoms with Gasteiger partial charge in [-0.15, -0.1) is 0 Å². The second-order valence-electron chi connectivity index (χ2n) is 7.49. The Morgan fingerprint density at radius 3 is 2.39 bits per heavy atom. The molecular formula is C21H21NO6. The fourth-order valence-corrected chi connectivity index (χ4v) is 4.55. The van der Waals surface area contributed by atoms with Gasteiger partial charge < -0.3 is 9.47 Å². The summed E-state index contributed by atoms with van der Waals surface area (Å²) in [6, 6.07) is 5.47. The number of ether oxygens (including phenoxy) is 2. The molecule has 7 nitrogen and oxygen atoms in total. The number of fused-ring (bicyclic) bond motifs is 5. The summed E-state index contributed by atoms with van der Waals surface area (Å²) in [5, 5.41) is 0. The maximum Gasteiger partial charge on any atom is 0.329 e. The van der Waals surface area contributed by atoms with Gasteiger partial charge in [0.05, 0.1) is 18.9 Å². The first-order chi connectivity index (χ1) is 13.4. The molecule has 1 heterocycles. The van der Waals surface area contributed by atoms with Gasteiger partial charge in [0.25, 0.3) is 0 Å². The molecule has 1 aromatic rings. The molecule has 2 bridgehead atoms. The van der Waals surface area contributed by atoms with E-state index in [1.54, 1.807) is 24.3 Å². The summed E-state index contributed by atoms with van der Waals surface area (Å²) in [4.78, 5) is 51.2. The van der Waals surface area contributed by atoms with Gasteiger partial charge in [-0.1, -0.05) is 24.3 Å². The van der Waals surface area contributed by atoms with E-state index < -0.39 is 24.4 Å². The third-order valence-electron chi connectivity index (χ3n) is 5.97. The molecule has 7 heteroatoms. The number of carbonyl (C=O) groups is 4. The van der Waals surface area contributed by atoms with Gasteiger partial charge in [0.2, 0.25) is 11.8 Å². The van der Waals surface area contributed by atoms with E-state index in [2.05, 4.69) is 0 Å². The van der Waals surface area contributed by atoms with Crippen LogP contribution >= 0.6 is 0 Å². The minimum Gasteiger partial charge on any atom is -0.497 e. The maximum absolute atomic E-state index is 12.7. The molecule has 5 atom stereocenters. The van der Waals surface area contributed by atoms with E-state index >= 15 is 0 Å². The molecule has 0 spiro atoms. The molecule has 2 aliphatic carbocycles. The third kappa shape index (κ3) is 2.82. The number of rotatable bonds is 6. The van der Waals surface area contributed by atoms with Crippen molar-refractivity contribution in [2.75, 3.05) is 13.7 Å². The summed E-state index contributed by atoms with van der Waals surface area (Å²) in [5.74, 6) is -1.83. The first kappa shape index (κ1) is 18.4. The first-order valence-electron chi connectivity index (χ1n) is 9.31. The molecule has 0 unspecified atom stereocenters. The number of carbonyl (C=O) groups excluding carboxylic acids is 4. The molecule has 28 heavy (non-hydrogen) atoms. The van der Waals surface area contributed by atoms with Gasteiger partial charge in [0.15, 0.2) is 12.4 Å². The quantitative estimate of drug-likeness (QED) is 0.321. The van der Waals surface area contributed by atoms with E-state index in [0.29, 0.717) is 11.3 Å². The molecule has 1 saturated heterocycles. The van der Waals surface area contributed by atoms with Gasteiger partial charge >= 0.3 is 5.97 Å². The number of Topliss-reactive ketones (excluding diaryl/α,β-unsaturated/α-hetero) is 1. The Bertz CT molecular complexity index is 861. The Balaban J connectivity index is 1.39. The molecule has 2 amide bonds. The van der Waals surface area contributed by atoms with Crippen LogP contribution in [0.15, 0.2) is 36.4 Å². The highest BCUT2D eigenvalue weighted by Crippen LogP contribution is 2.52. The molecule has 0 N–H and O–H groups in total. The SMILES string of the molecule is COc1cccc(C(=O)COC(=O)[C@H](C)N2C(=O)[C@@H]3[C@H](C2=O)[C@H]2C=C[C@H]3C2)c1. The molecule has 1 aliphatic heterocycles. The minimum atomic E-state index is -1.05. The van der Waals surface area contributed by atoms with Crippen LogP contribution in [-0.4, -0.2) is 48.2 Å². The maximum atomic E-state index is 12.7. The number of hydrogen-bond donors (Lipinski definition) is 0. The van der Waals surface area contributed by atoms with Crippen LogP contribution in [0.25, 0.3) is 0 Å². The number of allylic oxidation sites excluding steroid dienone is 2. The molecule has 3 aliphatic rings. The van der Waals surface area contributed by atoms with Crippen molar-refractivity contribution >= 4 is 23.6 Å². The van der Waals surface area contributed by atoms with Crippen molar-refractivity contribution in [3.05, 3.63) is 42.0 Å². The Kier molecular flexibility index (Phi) is 4.53. The van der Waals surface area contributed by atoms with Crippen LogP contribution in [0.3, 0.4) is 0 Å². The zero-order valence-corrected chi connectivity index (χ0v) is 15.7. The average Bonchev–Trinajstić information content (AvgIpc) is 3.39. The molecule has 1 saturated carbocycles. The highest BCUT2D eigenvalue weighted by Gasteiger charge is 2.60. The summed E-state index contributed by atoms with van der Waals surface area (Å²) < 4.78 is 10.2. The van der Waals surface area contributed by atoms with E-state index in [1.807, 2.05) is 12.2 Å². The zero-order chi connectivity index (χ0) is 20.0. The van der Waals surface area contributed by atoms with E-state index in [4.69, 9.17) is 9.47 Å². The smallest absolute Gasteiger partial charge is 0.329 e. The molecule has 2 fully saturated rings. The predicted molar refractivity (Wildman–Crippen MR) is 97.3 cm³/mol. The lowest BCUT2D eigenvalue weighted by Gasteiger charge is -2.23. The number of nitrogens with zero attached hydrogens (tertiary/aromatic N) is 1. The molecular weight excluding hydrogens is 362 g/mol. The van der Waals surface area contributed by atoms with Crippen molar-refractivity contribution < 1.29 is 28.7 Å². The second kappa shape index (κ2) is 6.89. The number of amides is 2. The third-order valence-corrected chi connectivity index (χ3v) is 5.97. The van der Waals surface area contributed by atoms with Crippen molar-refractivity contribution in [1.82, 2.24) is 4.90 Å². The lowest BCUT2D eigenvalue weighted by Crippen LogP contribution is -2.45. The minimum absolute atomic E-state index is 0.0781. The van der Waals surface area contributed by atoms with Crippen molar-refractivity contribution in [3.8, 4) is 5.75 Å². The van der Waals surface area contributed by atoms with E-state index in [1.165, 1.54) is 14.0 Å². The lowest BCUT2D eigenvalue weighted by atomic mass is 9.85. The average molecular weight is 383 g/mol. The second-order valence-corrected chi connectivity index (χ2v) is 7.49. The van der Waals surface area contributed by atoms with Crippen molar-refractivity contribution in [1.29, 1.82) is 0 Å². The van der Waals surface area contributed by atoms with Crippen LogP contribution in [0.1, 0.15) is 23.7 Å². The normalized spacial score (nSPS) is 28.4. The largest absolute Gasteiger partial charge is 0.497 e. The van der Waals surface area contributed by atoms with Crippen molar-refractivity contribution in [2.45, 2.75) is 19.4 Å². The van der Waals surface area contributed by atoms with Crippen molar-refractivity contribution in [3.63, 3.8) is 0 Å². The van der Waals surface area contributed by atoms with Crippen LogP contribution < -0.4 is 4.74 Å². The Morgan fingerprint density at radius 1 is 1.14 bits per heavy atom. The monoisotopic (exact) mass is 383 g/mol. The zero-order valence-electron chi connectivity index (χ0n) is 15.7. The van der Waals surface area contributed by atoms with Gasteiger partial charge in [-0.3, -0.25) is 19.3 Å². The first-order valence-corrected chi connectivity index (χ1v) is 9.31. The Hall–Kier alpha value is -2.96. The molecule has 1 aromatic carbocycles. The summed E-state index contributed by atoms with van der Waals surface area (Å²) in [7, 11) is 1.49. The Labute approximate surface area is 162 Å². The van der Waals surface area contributed by atoms with Gasteiger partial charge in [-0.25, -0.2) is 4.79 Å². The van der Waals surface area contributed by atoms with Crippen LogP contribution in [0.4, 0.5) is 0 Å². The number of esters is 1. The lowest BCUT2D eigenvalue weighted by molar-refractivity contribution is -0.157. The predicted octanol–water partition coefficient (Wildman–Crippen LogP) is 1.62. The number of imide groups is 1. The van der Waals surface area contributed by atoms with Crippen LogP contribution in [0, 0.1) is 23.7 Å². The highest BCUT2D eigenvalue weighted by atomic mass is 16.5. The van der Waals surface area contributed by atoms with Crippen LogP contribution in [-0.2, 0) is 19.1 Å². The van der Waals surface area contributed by atoms with Crippen molar-refractivity contribution in [2.24, 2.45) is 23.7 Å². The summed E-state index contributed by atoms with van der Waals surface area (Å²) in [6.45, 7) is 0.997. The van der Waals surface area contributed by atoms with Crippen LogP contribution in [0.5, 0.6) is 5.75 Å². The van der Waals surface area contributed by atoms with Crippen LogP contribution in [0.2, 0.25) is 0 Å². The van der Waals surface area contributed by atoms with E-state index in [9.17, 15) is 19.2 Å². The highest BCUT2D eigenvalue weighted by molar-refractivity contribution is 6.09. The number of hydrogen-bond acceptors (Lipinski definition) is 6. The number of likely N-dealkylation sites (tertiary alicyclic amines) is 1. The topological polar surface area (TPSA) is 90.0 Å². The Morgan fingerprint density at radius 2 is 1.79 bits per heavy atom. The number of ketones is 1. The van der Waals surface area contributed by atoms with E-state index in [0.717, 1.165) is 11.3 Å². The van der Waals surface area contributed by atoms with Gasteiger partial charge in [0.1, 0.15) is 11.8 Å².